The van der Waals surface area contributed by atoms with Crippen molar-refractivity contribution in [1.29, 1.82) is 0 Å². The Balaban J connectivity index is 1.24. The van der Waals surface area contributed by atoms with E-state index in [9.17, 15) is 19.5 Å². The molecule has 2 bridgehead atoms. The molecule has 0 radical (unpaired) electrons. The van der Waals surface area contributed by atoms with Crippen LogP contribution in [-0.2, 0) is 16.0 Å². The van der Waals surface area contributed by atoms with Gasteiger partial charge in [-0.2, -0.15) is 0 Å². The van der Waals surface area contributed by atoms with E-state index >= 15 is 0 Å². The Hall–Kier alpha value is -2.74. The number of aliphatic carboxylic acids is 1. The van der Waals surface area contributed by atoms with Crippen LogP contribution in [0.5, 0.6) is 0 Å². The van der Waals surface area contributed by atoms with Crippen LogP contribution in [-0.4, -0.2) is 67.0 Å². The van der Waals surface area contributed by atoms with Gasteiger partial charge in [0.25, 0.3) is 5.56 Å². The normalized spacial score (nSPS) is 28.5. The number of carboxylic acid groups (broad SMARTS) is 1. The van der Waals surface area contributed by atoms with Crippen LogP contribution in [0.15, 0.2) is 29.1 Å². The average Bonchev–Trinajstić information content (AvgIpc) is 3.50. The van der Waals surface area contributed by atoms with Crippen LogP contribution in [0, 0.1) is 0 Å². The van der Waals surface area contributed by atoms with Gasteiger partial charge in [0.05, 0.1) is 11.0 Å². The zero-order chi connectivity index (χ0) is 26.9. The molecule has 3 aliphatic heterocycles. The van der Waals surface area contributed by atoms with E-state index < -0.39 is 12.0 Å². The monoisotopic (exact) mass is 534 g/mol. The summed E-state index contributed by atoms with van der Waals surface area (Å²) in [5.74, 6) is -1.15. The van der Waals surface area contributed by atoms with Crippen molar-refractivity contribution in [3.8, 4) is 0 Å². The highest BCUT2D eigenvalue weighted by Gasteiger charge is 2.44. The van der Waals surface area contributed by atoms with Gasteiger partial charge in [-0.05, 0) is 63.5 Å². The second kappa shape index (κ2) is 11.4. The Kier molecular flexibility index (Phi) is 7.74. The first kappa shape index (κ1) is 26.5. The number of benzene rings is 1. The largest absolute Gasteiger partial charge is 0.480 e. The van der Waals surface area contributed by atoms with Crippen LogP contribution in [0.25, 0.3) is 11.0 Å². The van der Waals surface area contributed by atoms with Crippen LogP contribution in [0.2, 0.25) is 0 Å². The second-order valence-corrected chi connectivity index (χ2v) is 12.3. The SMILES string of the molecule is O=C(O)C1CCCN1C(=O)CCc1nc2ccccc2n(C2C[C@H]3CC[C@@H](C2)N3C2CCCCCCC2)c1=O. The highest BCUT2D eigenvalue weighted by Crippen LogP contribution is 2.44. The van der Waals surface area contributed by atoms with Gasteiger partial charge in [-0.3, -0.25) is 14.5 Å². The number of aryl methyl sites for hydroxylation is 1. The molecular weight excluding hydrogens is 492 g/mol. The lowest BCUT2D eigenvalue weighted by molar-refractivity contribution is -0.148. The second-order valence-electron chi connectivity index (χ2n) is 12.3. The minimum absolute atomic E-state index is 0.0819. The Morgan fingerprint density at radius 2 is 1.54 bits per heavy atom. The summed E-state index contributed by atoms with van der Waals surface area (Å²) in [5, 5.41) is 9.47. The van der Waals surface area contributed by atoms with Crippen molar-refractivity contribution in [2.75, 3.05) is 6.54 Å². The molecule has 210 valence electrons. The highest BCUT2D eigenvalue weighted by molar-refractivity contribution is 5.84. The first-order valence-electron chi connectivity index (χ1n) is 15.3. The summed E-state index contributed by atoms with van der Waals surface area (Å²) in [7, 11) is 0. The number of carboxylic acids is 1. The number of amides is 1. The van der Waals surface area contributed by atoms with E-state index in [4.69, 9.17) is 4.98 Å². The Morgan fingerprint density at radius 3 is 2.26 bits per heavy atom. The minimum Gasteiger partial charge on any atom is -0.480 e. The summed E-state index contributed by atoms with van der Waals surface area (Å²) in [6, 6.07) is 9.02. The number of rotatable bonds is 6. The molecule has 4 aliphatic rings. The minimum atomic E-state index is -0.951. The van der Waals surface area contributed by atoms with E-state index in [2.05, 4.69) is 4.90 Å². The van der Waals surface area contributed by atoms with Crippen LogP contribution in [0.4, 0.5) is 0 Å². The molecule has 1 saturated carbocycles. The van der Waals surface area contributed by atoms with Crippen molar-refractivity contribution in [2.45, 2.75) is 127 Å². The highest BCUT2D eigenvalue weighted by atomic mass is 16.4. The van der Waals surface area contributed by atoms with Gasteiger partial charge in [0.15, 0.2) is 0 Å². The summed E-state index contributed by atoms with van der Waals surface area (Å²) in [4.78, 5) is 47.5. The third kappa shape index (κ3) is 5.24. The van der Waals surface area contributed by atoms with E-state index in [0.717, 1.165) is 23.9 Å². The number of carbonyl (C=O) groups is 2. The number of para-hydroxylation sites is 2. The van der Waals surface area contributed by atoms with Crippen molar-refractivity contribution < 1.29 is 14.7 Å². The molecule has 1 aliphatic carbocycles. The molecule has 2 unspecified atom stereocenters. The molecule has 8 nitrogen and oxygen atoms in total. The molecule has 8 heteroatoms. The molecule has 4 atom stereocenters. The third-order valence-electron chi connectivity index (χ3n) is 9.92. The molecule has 1 N–H and O–H groups in total. The maximum atomic E-state index is 14.0. The first-order chi connectivity index (χ1) is 19.0. The van der Waals surface area contributed by atoms with Crippen molar-refractivity contribution in [2.24, 2.45) is 0 Å². The third-order valence-corrected chi connectivity index (χ3v) is 9.92. The number of fused-ring (bicyclic) bond motifs is 3. The zero-order valence-corrected chi connectivity index (χ0v) is 23.0. The number of nitrogens with zero attached hydrogens (tertiary/aromatic N) is 4. The predicted octanol–water partition coefficient (Wildman–Crippen LogP) is 4.69. The number of hydrogen-bond donors (Lipinski definition) is 1. The van der Waals surface area contributed by atoms with E-state index in [1.165, 1.54) is 62.7 Å². The van der Waals surface area contributed by atoms with Crippen molar-refractivity contribution in [3.05, 3.63) is 40.3 Å². The van der Waals surface area contributed by atoms with E-state index in [0.29, 0.717) is 43.2 Å². The lowest BCUT2D eigenvalue weighted by Crippen LogP contribution is -2.50. The quantitative estimate of drug-likeness (QED) is 0.578. The van der Waals surface area contributed by atoms with Gasteiger partial charge in [0.2, 0.25) is 5.91 Å². The molecule has 6 rings (SSSR count). The number of aromatic nitrogens is 2. The Morgan fingerprint density at radius 1 is 0.846 bits per heavy atom. The molecule has 1 aromatic carbocycles. The van der Waals surface area contributed by atoms with Gasteiger partial charge in [0, 0.05) is 43.6 Å². The van der Waals surface area contributed by atoms with E-state index in [-0.39, 0.29) is 30.3 Å². The Labute approximate surface area is 230 Å². The molecule has 4 fully saturated rings. The molecule has 1 aromatic heterocycles. The van der Waals surface area contributed by atoms with Crippen LogP contribution < -0.4 is 5.56 Å². The molecule has 1 amide bonds. The smallest absolute Gasteiger partial charge is 0.326 e. The lowest BCUT2D eigenvalue weighted by atomic mass is 9.89. The van der Waals surface area contributed by atoms with Crippen LogP contribution in [0.1, 0.15) is 102 Å². The number of piperidine rings is 1. The van der Waals surface area contributed by atoms with Crippen molar-refractivity contribution in [1.82, 2.24) is 19.4 Å². The maximum absolute atomic E-state index is 14.0. The fraction of sp³-hybridized carbons (Fsp3) is 0.677. The fourth-order valence-corrected chi connectivity index (χ4v) is 8.14. The first-order valence-corrected chi connectivity index (χ1v) is 15.3. The van der Waals surface area contributed by atoms with Gasteiger partial charge in [-0.15, -0.1) is 0 Å². The predicted molar refractivity (Wildman–Crippen MR) is 150 cm³/mol. The van der Waals surface area contributed by atoms with E-state index in [1.54, 1.807) is 0 Å². The molecule has 3 saturated heterocycles. The van der Waals surface area contributed by atoms with Gasteiger partial charge in [0.1, 0.15) is 11.7 Å². The topological polar surface area (TPSA) is 95.7 Å². The number of carbonyl (C=O) groups excluding carboxylic acids is 1. The van der Waals surface area contributed by atoms with Crippen LogP contribution in [0.3, 0.4) is 0 Å². The average molecular weight is 535 g/mol. The van der Waals surface area contributed by atoms with Crippen molar-refractivity contribution in [3.63, 3.8) is 0 Å². The maximum Gasteiger partial charge on any atom is 0.326 e. The molecule has 39 heavy (non-hydrogen) atoms. The molecule has 2 aromatic rings. The van der Waals surface area contributed by atoms with Gasteiger partial charge < -0.3 is 14.6 Å². The molecule has 4 heterocycles. The zero-order valence-electron chi connectivity index (χ0n) is 23.0. The summed E-state index contributed by atoms with van der Waals surface area (Å²) in [6.07, 6.45) is 15.4. The van der Waals surface area contributed by atoms with Gasteiger partial charge in [-0.25, -0.2) is 9.78 Å². The Bertz CT molecular complexity index is 1250. The summed E-state index contributed by atoms with van der Waals surface area (Å²) >= 11 is 0. The van der Waals surface area contributed by atoms with Gasteiger partial charge >= 0.3 is 5.97 Å². The summed E-state index contributed by atoms with van der Waals surface area (Å²) < 4.78 is 2.00. The molecule has 0 spiro atoms. The van der Waals surface area contributed by atoms with Crippen LogP contribution >= 0.6 is 0 Å². The number of likely N-dealkylation sites (tertiary alicyclic amines) is 1. The number of hydrogen-bond acceptors (Lipinski definition) is 5. The van der Waals surface area contributed by atoms with Gasteiger partial charge in [-0.1, -0.05) is 44.2 Å². The fourth-order valence-electron chi connectivity index (χ4n) is 8.14. The lowest BCUT2D eigenvalue weighted by Gasteiger charge is -2.45. The summed E-state index contributed by atoms with van der Waals surface area (Å²) in [6.45, 7) is 0.466. The standard InChI is InChI=1S/C31H42N4O4/c36-29(33-18-8-13-28(33)31(38)39)17-16-26-30(37)35(27-12-7-6-11-25(27)32-26)24-19-22-14-15-23(20-24)34(22)21-9-4-2-1-3-5-10-21/h6-7,11-12,21-24,28H,1-5,8-10,13-20H2,(H,38,39)/t22-,23+,24?,28?. The van der Waals surface area contributed by atoms with E-state index in [1.807, 2.05) is 28.8 Å². The molecular formula is C31H42N4O4. The van der Waals surface area contributed by atoms with Crippen molar-refractivity contribution >= 4 is 22.9 Å². The summed E-state index contributed by atoms with van der Waals surface area (Å²) in [5.41, 5.74) is 2.01.